The standard InChI is InChI=1S/C26H23NO3/c1-15-11-18(4)25-22(12-15)23(28)14-24(30-25)19-6-8-20(9-7-19)26(29)27-21-10-5-16(2)17(3)13-21/h5-14H,1-4H3,(H,27,29). The second-order valence-electron chi connectivity index (χ2n) is 7.76. The van der Waals surface area contributed by atoms with E-state index in [1.165, 1.54) is 11.6 Å². The van der Waals surface area contributed by atoms with Crippen molar-refractivity contribution in [3.8, 4) is 11.3 Å². The topological polar surface area (TPSA) is 59.3 Å². The SMILES string of the molecule is Cc1cc(C)c2oc(-c3ccc(C(=O)Nc4ccc(C)c(C)c4)cc3)cc(=O)c2c1. The molecule has 0 aliphatic carbocycles. The maximum absolute atomic E-state index is 12.6. The lowest BCUT2D eigenvalue weighted by atomic mass is 10.1. The van der Waals surface area contributed by atoms with Crippen LogP contribution in [0.1, 0.15) is 32.6 Å². The molecule has 0 fully saturated rings. The van der Waals surface area contributed by atoms with Crippen molar-refractivity contribution >= 4 is 22.6 Å². The van der Waals surface area contributed by atoms with E-state index in [9.17, 15) is 9.59 Å². The van der Waals surface area contributed by atoms with Gasteiger partial charge in [-0.05, 0) is 80.3 Å². The van der Waals surface area contributed by atoms with E-state index in [4.69, 9.17) is 4.42 Å². The number of benzene rings is 3. The number of rotatable bonds is 3. The zero-order valence-corrected chi connectivity index (χ0v) is 17.5. The van der Waals surface area contributed by atoms with Crippen LogP contribution in [0.2, 0.25) is 0 Å². The van der Waals surface area contributed by atoms with Crippen molar-refractivity contribution in [2.24, 2.45) is 0 Å². The van der Waals surface area contributed by atoms with Crippen molar-refractivity contribution in [2.45, 2.75) is 27.7 Å². The summed E-state index contributed by atoms with van der Waals surface area (Å²) < 4.78 is 6.03. The van der Waals surface area contributed by atoms with Crippen LogP contribution in [-0.2, 0) is 0 Å². The van der Waals surface area contributed by atoms with E-state index >= 15 is 0 Å². The molecule has 1 amide bonds. The zero-order chi connectivity index (χ0) is 21.4. The predicted molar refractivity (Wildman–Crippen MR) is 121 cm³/mol. The van der Waals surface area contributed by atoms with Crippen LogP contribution in [0, 0.1) is 27.7 Å². The number of amides is 1. The molecule has 0 unspecified atom stereocenters. The Labute approximate surface area is 175 Å². The van der Waals surface area contributed by atoms with Crippen LogP contribution in [0.15, 0.2) is 69.9 Å². The van der Waals surface area contributed by atoms with Gasteiger partial charge in [-0.2, -0.15) is 0 Å². The summed E-state index contributed by atoms with van der Waals surface area (Å²) in [6, 6.07) is 18.2. The summed E-state index contributed by atoms with van der Waals surface area (Å²) in [6.45, 7) is 7.94. The number of nitrogens with one attached hydrogen (secondary N) is 1. The normalized spacial score (nSPS) is 10.9. The molecular formula is C26H23NO3. The van der Waals surface area contributed by atoms with Crippen molar-refractivity contribution in [1.82, 2.24) is 0 Å². The summed E-state index contributed by atoms with van der Waals surface area (Å²) in [5, 5.41) is 3.50. The molecule has 4 rings (SSSR count). The van der Waals surface area contributed by atoms with Gasteiger partial charge in [0.1, 0.15) is 11.3 Å². The smallest absolute Gasteiger partial charge is 0.255 e. The van der Waals surface area contributed by atoms with Crippen LogP contribution >= 0.6 is 0 Å². The first-order chi connectivity index (χ1) is 14.3. The molecule has 3 aromatic carbocycles. The molecule has 1 N–H and O–H groups in total. The predicted octanol–water partition coefficient (Wildman–Crippen LogP) is 5.95. The van der Waals surface area contributed by atoms with Crippen LogP contribution in [0.25, 0.3) is 22.3 Å². The number of fused-ring (bicyclic) bond motifs is 1. The summed E-state index contributed by atoms with van der Waals surface area (Å²) in [7, 11) is 0. The molecule has 0 aliphatic heterocycles. The third-order valence-corrected chi connectivity index (χ3v) is 5.36. The van der Waals surface area contributed by atoms with Crippen LogP contribution in [-0.4, -0.2) is 5.91 Å². The van der Waals surface area contributed by atoms with Gasteiger partial charge in [0.15, 0.2) is 5.43 Å². The molecule has 0 atom stereocenters. The second kappa shape index (κ2) is 7.64. The fourth-order valence-corrected chi connectivity index (χ4v) is 3.56. The molecule has 150 valence electrons. The first-order valence-corrected chi connectivity index (χ1v) is 9.86. The summed E-state index contributed by atoms with van der Waals surface area (Å²) in [5.41, 5.74) is 6.82. The average Bonchev–Trinajstić information content (AvgIpc) is 2.71. The van der Waals surface area contributed by atoms with Crippen LogP contribution in [0.5, 0.6) is 0 Å². The monoisotopic (exact) mass is 397 g/mol. The van der Waals surface area contributed by atoms with E-state index in [0.29, 0.717) is 22.3 Å². The number of anilines is 1. The maximum atomic E-state index is 12.6. The highest BCUT2D eigenvalue weighted by atomic mass is 16.3. The summed E-state index contributed by atoms with van der Waals surface area (Å²) in [4.78, 5) is 25.2. The van der Waals surface area contributed by atoms with Gasteiger partial charge in [0.05, 0.1) is 5.39 Å². The second-order valence-corrected chi connectivity index (χ2v) is 7.76. The van der Waals surface area contributed by atoms with Crippen molar-refractivity contribution in [3.05, 3.63) is 98.7 Å². The van der Waals surface area contributed by atoms with Crippen molar-refractivity contribution in [1.29, 1.82) is 0 Å². The van der Waals surface area contributed by atoms with Gasteiger partial charge in [-0.3, -0.25) is 9.59 Å². The van der Waals surface area contributed by atoms with Crippen LogP contribution in [0.4, 0.5) is 5.69 Å². The molecule has 0 radical (unpaired) electrons. The molecule has 4 nitrogen and oxygen atoms in total. The Morgan fingerprint density at radius 2 is 1.53 bits per heavy atom. The molecule has 30 heavy (non-hydrogen) atoms. The molecule has 1 heterocycles. The fourth-order valence-electron chi connectivity index (χ4n) is 3.56. The quantitative estimate of drug-likeness (QED) is 0.465. The van der Waals surface area contributed by atoms with E-state index in [-0.39, 0.29) is 11.3 Å². The Hall–Kier alpha value is -3.66. The van der Waals surface area contributed by atoms with Crippen molar-refractivity contribution in [2.75, 3.05) is 5.32 Å². The first-order valence-electron chi connectivity index (χ1n) is 9.86. The van der Waals surface area contributed by atoms with Gasteiger partial charge in [-0.1, -0.05) is 24.3 Å². The van der Waals surface area contributed by atoms with Crippen molar-refractivity contribution in [3.63, 3.8) is 0 Å². The van der Waals surface area contributed by atoms with Gasteiger partial charge in [0, 0.05) is 22.9 Å². The third-order valence-electron chi connectivity index (χ3n) is 5.36. The zero-order valence-electron chi connectivity index (χ0n) is 17.5. The fraction of sp³-hybridized carbons (Fsp3) is 0.154. The lowest BCUT2D eigenvalue weighted by Gasteiger charge is -2.09. The highest BCUT2D eigenvalue weighted by Gasteiger charge is 2.11. The van der Waals surface area contributed by atoms with Gasteiger partial charge in [0.2, 0.25) is 0 Å². The first kappa shape index (κ1) is 19.6. The molecule has 0 bridgehead atoms. The van der Waals surface area contributed by atoms with Crippen LogP contribution in [0.3, 0.4) is 0 Å². The summed E-state index contributed by atoms with van der Waals surface area (Å²) >= 11 is 0. The minimum Gasteiger partial charge on any atom is -0.456 e. The van der Waals surface area contributed by atoms with Crippen LogP contribution < -0.4 is 10.7 Å². The lowest BCUT2D eigenvalue weighted by molar-refractivity contribution is 0.102. The minimum atomic E-state index is -0.184. The Morgan fingerprint density at radius 3 is 2.23 bits per heavy atom. The summed E-state index contributed by atoms with van der Waals surface area (Å²) in [6.07, 6.45) is 0. The summed E-state index contributed by atoms with van der Waals surface area (Å²) in [5.74, 6) is 0.302. The molecule has 0 saturated heterocycles. The lowest BCUT2D eigenvalue weighted by Crippen LogP contribution is -2.12. The van der Waals surface area contributed by atoms with Gasteiger partial charge < -0.3 is 9.73 Å². The van der Waals surface area contributed by atoms with Crippen molar-refractivity contribution < 1.29 is 9.21 Å². The Bertz CT molecular complexity index is 1330. The van der Waals surface area contributed by atoms with E-state index < -0.39 is 0 Å². The molecule has 0 spiro atoms. The molecule has 0 saturated carbocycles. The Kier molecular flexibility index (Phi) is 5.00. The van der Waals surface area contributed by atoms with Gasteiger partial charge in [-0.25, -0.2) is 0 Å². The number of carbonyl (C=O) groups excluding carboxylic acids is 1. The van der Waals surface area contributed by atoms with Gasteiger partial charge >= 0.3 is 0 Å². The van der Waals surface area contributed by atoms with E-state index in [2.05, 4.69) is 5.32 Å². The van der Waals surface area contributed by atoms with Gasteiger partial charge in [0.25, 0.3) is 5.91 Å². The molecule has 4 heteroatoms. The van der Waals surface area contributed by atoms with Gasteiger partial charge in [-0.15, -0.1) is 0 Å². The third kappa shape index (κ3) is 3.77. The number of hydrogen-bond donors (Lipinski definition) is 1. The molecule has 4 aromatic rings. The Balaban J connectivity index is 1.62. The highest BCUT2D eigenvalue weighted by Crippen LogP contribution is 2.25. The molecule has 1 aromatic heterocycles. The number of carbonyl (C=O) groups is 1. The Morgan fingerprint density at radius 1 is 0.800 bits per heavy atom. The molecule has 0 aliphatic rings. The molecular weight excluding hydrogens is 374 g/mol. The highest BCUT2D eigenvalue weighted by molar-refractivity contribution is 6.04. The minimum absolute atomic E-state index is 0.0744. The number of aryl methyl sites for hydroxylation is 4. The van der Waals surface area contributed by atoms with E-state index in [1.54, 1.807) is 24.3 Å². The van der Waals surface area contributed by atoms with E-state index in [1.807, 2.05) is 58.0 Å². The maximum Gasteiger partial charge on any atom is 0.255 e. The van der Waals surface area contributed by atoms with E-state index in [0.717, 1.165) is 27.9 Å². The largest absolute Gasteiger partial charge is 0.456 e. The average molecular weight is 397 g/mol. The number of hydrogen-bond acceptors (Lipinski definition) is 3.